The number of nitrogens with one attached hydrogen (secondary N) is 1. The maximum atomic E-state index is 6.14. The molecule has 2 heterocycles. The van der Waals surface area contributed by atoms with Crippen molar-refractivity contribution in [3.8, 4) is 0 Å². The van der Waals surface area contributed by atoms with Crippen LogP contribution in [-0.4, -0.2) is 4.98 Å². The van der Waals surface area contributed by atoms with Crippen LogP contribution in [0.1, 0.15) is 23.1 Å². The molecule has 0 amide bonds. The third-order valence-corrected chi connectivity index (χ3v) is 3.62. The zero-order valence-electron chi connectivity index (χ0n) is 10.9. The molecule has 0 aliphatic carbocycles. The first-order chi connectivity index (χ1) is 9.70. The van der Waals surface area contributed by atoms with Gasteiger partial charge in [-0.1, -0.05) is 29.8 Å². The molecule has 20 heavy (non-hydrogen) atoms. The van der Waals surface area contributed by atoms with E-state index in [4.69, 9.17) is 21.9 Å². The number of aromatic nitrogens is 1. The van der Waals surface area contributed by atoms with Crippen LogP contribution in [0, 0.1) is 6.92 Å². The zero-order chi connectivity index (χ0) is 14.1. The Morgan fingerprint density at radius 1 is 1.30 bits per heavy atom. The number of halogens is 1. The van der Waals surface area contributed by atoms with Crippen LogP contribution in [0.5, 0.6) is 0 Å². The van der Waals surface area contributed by atoms with Crippen molar-refractivity contribution in [2.75, 3.05) is 0 Å². The van der Waals surface area contributed by atoms with E-state index in [0.717, 1.165) is 16.6 Å². The average molecular weight is 288 g/mol. The van der Waals surface area contributed by atoms with Gasteiger partial charge in [0.2, 0.25) is 0 Å². The first-order valence-corrected chi connectivity index (χ1v) is 6.64. The van der Waals surface area contributed by atoms with Gasteiger partial charge in [0.15, 0.2) is 5.58 Å². The summed E-state index contributed by atoms with van der Waals surface area (Å²) in [5.41, 5.74) is 5.33. The molecule has 1 unspecified atom stereocenters. The van der Waals surface area contributed by atoms with Crippen molar-refractivity contribution in [2.24, 2.45) is 5.84 Å². The minimum Gasteiger partial charge on any atom is -0.457 e. The van der Waals surface area contributed by atoms with Gasteiger partial charge in [-0.15, -0.1) is 0 Å². The molecule has 3 rings (SSSR count). The summed E-state index contributed by atoms with van der Waals surface area (Å²) >= 11 is 6.14. The molecule has 2 aromatic heterocycles. The van der Waals surface area contributed by atoms with Crippen molar-refractivity contribution in [3.05, 3.63) is 64.6 Å². The van der Waals surface area contributed by atoms with Gasteiger partial charge in [-0.05, 0) is 30.7 Å². The van der Waals surface area contributed by atoms with E-state index < -0.39 is 0 Å². The molecule has 3 N–H and O–H groups in total. The Balaban J connectivity index is 2.12. The highest BCUT2D eigenvalue weighted by Gasteiger charge is 2.20. The van der Waals surface area contributed by atoms with Gasteiger partial charge in [0.1, 0.15) is 11.8 Å². The van der Waals surface area contributed by atoms with E-state index in [1.165, 1.54) is 0 Å². The Morgan fingerprint density at radius 3 is 2.85 bits per heavy atom. The Morgan fingerprint density at radius 2 is 2.15 bits per heavy atom. The molecule has 0 aliphatic heterocycles. The fourth-order valence-electron chi connectivity index (χ4n) is 2.32. The Hall–Kier alpha value is -1.88. The minimum atomic E-state index is -0.257. The quantitative estimate of drug-likeness (QED) is 0.573. The number of nitrogens with two attached hydrogens (primary N) is 1. The lowest BCUT2D eigenvalue weighted by Gasteiger charge is -2.15. The fraction of sp³-hybridized carbons (Fsp3) is 0.133. The SMILES string of the molecule is Cc1ncccc1C(NN)c1cc2cccc(Cl)c2o1. The highest BCUT2D eigenvalue weighted by molar-refractivity contribution is 6.34. The van der Waals surface area contributed by atoms with E-state index in [1.54, 1.807) is 12.3 Å². The van der Waals surface area contributed by atoms with Crippen LogP contribution in [0.15, 0.2) is 47.0 Å². The van der Waals surface area contributed by atoms with Crippen LogP contribution in [0.3, 0.4) is 0 Å². The average Bonchev–Trinajstić information content (AvgIpc) is 2.87. The predicted molar refractivity (Wildman–Crippen MR) is 79.4 cm³/mol. The topological polar surface area (TPSA) is 64.1 Å². The highest BCUT2D eigenvalue weighted by atomic mass is 35.5. The molecule has 0 spiro atoms. The lowest BCUT2D eigenvalue weighted by atomic mass is 10.0. The monoisotopic (exact) mass is 287 g/mol. The van der Waals surface area contributed by atoms with Crippen LogP contribution >= 0.6 is 11.6 Å². The standard InChI is InChI=1S/C15H14ClN3O/c1-9-11(5-3-7-18-9)14(19-17)13-8-10-4-2-6-12(16)15(10)20-13/h2-8,14,19H,17H2,1H3. The molecular formula is C15H14ClN3O. The highest BCUT2D eigenvalue weighted by Crippen LogP contribution is 2.32. The van der Waals surface area contributed by atoms with Crippen molar-refractivity contribution in [1.82, 2.24) is 10.4 Å². The zero-order valence-corrected chi connectivity index (χ0v) is 11.7. The molecule has 0 saturated carbocycles. The van der Waals surface area contributed by atoms with Crippen LogP contribution in [0.4, 0.5) is 0 Å². The van der Waals surface area contributed by atoms with Gasteiger partial charge >= 0.3 is 0 Å². The molecule has 102 valence electrons. The van der Waals surface area contributed by atoms with E-state index in [1.807, 2.05) is 37.3 Å². The number of hydrazine groups is 1. The Labute approximate surface area is 121 Å². The molecule has 0 saturated heterocycles. The number of fused-ring (bicyclic) bond motifs is 1. The van der Waals surface area contributed by atoms with E-state index in [0.29, 0.717) is 16.4 Å². The van der Waals surface area contributed by atoms with Crippen LogP contribution in [0.25, 0.3) is 11.0 Å². The van der Waals surface area contributed by atoms with Crippen LogP contribution < -0.4 is 11.3 Å². The van der Waals surface area contributed by atoms with E-state index in [-0.39, 0.29) is 6.04 Å². The number of hydrogen-bond donors (Lipinski definition) is 2. The first-order valence-electron chi connectivity index (χ1n) is 6.26. The van der Waals surface area contributed by atoms with Crippen LogP contribution in [-0.2, 0) is 0 Å². The van der Waals surface area contributed by atoms with E-state index >= 15 is 0 Å². The molecule has 0 radical (unpaired) electrons. The number of pyridine rings is 1. The van der Waals surface area contributed by atoms with Gasteiger partial charge in [0.25, 0.3) is 0 Å². The maximum Gasteiger partial charge on any atom is 0.152 e. The molecule has 5 heteroatoms. The fourth-order valence-corrected chi connectivity index (χ4v) is 2.54. The van der Waals surface area contributed by atoms with Crippen molar-refractivity contribution in [1.29, 1.82) is 0 Å². The lowest BCUT2D eigenvalue weighted by Crippen LogP contribution is -2.29. The third-order valence-electron chi connectivity index (χ3n) is 3.33. The minimum absolute atomic E-state index is 0.257. The molecule has 0 fully saturated rings. The summed E-state index contributed by atoms with van der Waals surface area (Å²) in [6.07, 6.45) is 1.75. The van der Waals surface area contributed by atoms with Gasteiger partial charge in [-0.2, -0.15) is 0 Å². The summed E-state index contributed by atoms with van der Waals surface area (Å²) < 4.78 is 5.86. The van der Waals surface area contributed by atoms with Gasteiger partial charge in [0, 0.05) is 17.3 Å². The van der Waals surface area contributed by atoms with Gasteiger partial charge in [-0.3, -0.25) is 10.8 Å². The number of furan rings is 1. The van der Waals surface area contributed by atoms with Gasteiger partial charge in [0.05, 0.1) is 5.02 Å². The van der Waals surface area contributed by atoms with Crippen molar-refractivity contribution < 1.29 is 4.42 Å². The van der Waals surface area contributed by atoms with Crippen LogP contribution in [0.2, 0.25) is 5.02 Å². The second kappa shape index (κ2) is 5.25. The molecule has 0 bridgehead atoms. The Kier molecular flexibility index (Phi) is 3.44. The second-order valence-corrected chi connectivity index (χ2v) is 4.99. The molecule has 3 aromatic rings. The Bertz CT molecular complexity index is 754. The number of benzene rings is 1. The largest absolute Gasteiger partial charge is 0.457 e. The molecule has 1 atom stereocenters. The number of para-hydroxylation sites is 1. The van der Waals surface area contributed by atoms with Crippen molar-refractivity contribution in [3.63, 3.8) is 0 Å². The second-order valence-electron chi connectivity index (χ2n) is 4.58. The third kappa shape index (κ3) is 2.18. The van der Waals surface area contributed by atoms with E-state index in [9.17, 15) is 0 Å². The first kappa shape index (κ1) is 13.1. The summed E-state index contributed by atoms with van der Waals surface area (Å²) in [4.78, 5) is 4.28. The molecular weight excluding hydrogens is 274 g/mol. The number of rotatable bonds is 3. The summed E-state index contributed by atoms with van der Waals surface area (Å²) in [5, 5.41) is 1.54. The molecule has 0 aliphatic rings. The van der Waals surface area contributed by atoms with E-state index in [2.05, 4.69) is 10.4 Å². The van der Waals surface area contributed by atoms with Crippen molar-refractivity contribution in [2.45, 2.75) is 13.0 Å². The van der Waals surface area contributed by atoms with Gasteiger partial charge in [-0.25, -0.2) is 5.43 Å². The molecule has 4 nitrogen and oxygen atoms in total. The van der Waals surface area contributed by atoms with Crippen molar-refractivity contribution >= 4 is 22.6 Å². The predicted octanol–water partition coefficient (Wildman–Crippen LogP) is 3.34. The normalized spacial score (nSPS) is 12.8. The summed E-state index contributed by atoms with van der Waals surface area (Å²) in [6.45, 7) is 1.94. The summed E-state index contributed by atoms with van der Waals surface area (Å²) in [6, 6.07) is 11.2. The number of nitrogens with zero attached hydrogens (tertiary/aromatic N) is 1. The number of aryl methyl sites for hydroxylation is 1. The lowest BCUT2D eigenvalue weighted by molar-refractivity contribution is 0.475. The summed E-state index contributed by atoms with van der Waals surface area (Å²) in [7, 11) is 0. The maximum absolute atomic E-state index is 6.14. The number of hydrogen-bond acceptors (Lipinski definition) is 4. The smallest absolute Gasteiger partial charge is 0.152 e. The van der Waals surface area contributed by atoms with Gasteiger partial charge < -0.3 is 4.42 Å². The summed E-state index contributed by atoms with van der Waals surface area (Å²) in [5.74, 6) is 6.41. The molecule has 1 aromatic carbocycles.